The first kappa shape index (κ1) is 21.4. The molecule has 0 bridgehead atoms. The Morgan fingerprint density at radius 3 is 1.96 bits per heavy atom. The first-order valence-corrected chi connectivity index (χ1v) is 12.8. The molecule has 2 aromatic carbocycles. The van der Waals surface area contributed by atoms with Crippen LogP contribution >= 0.6 is 15.2 Å². The van der Waals surface area contributed by atoms with Crippen molar-refractivity contribution in [3.8, 4) is 0 Å². The molecule has 1 aromatic heterocycles. The van der Waals surface area contributed by atoms with Gasteiger partial charge in [-0.15, -0.1) is 0 Å². The Bertz CT molecular complexity index is 1140. The number of fused-ring (bicyclic) bond motifs is 1. The molecule has 0 saturated carbocycles. The fourth-order valence-electron chi connectivity index (χ4n) is 2.70. The number of aliphatic hydroxyl groups is 1. The van der Waals surface area contributed by atoms with Crippen LogP contribution in [0.4, 0.5) is 0 Å². The van der Waals surface area contributed by atoms with Crippen LogP contribution in [-0.2, 0) is 22.1 Å². The summed E-state index contributed by atoms with van der Waals surface area (Å²) in [5.41, 5.74) is 0.805. The van der Waals surface area contributed by atoms with Crippen molar-refractivity contribution >= 4 is 39.6 Å². The van der Waals surface area contributed by atoms with E-state index in [1.807, 2.05) is 12.1 Å². The number of rotatable bonds is 6. The van der Waals surface area contributed by atoms with Crippen molar-refractivity contribution in [3.63, 3.8) is 0 Å². The minimum absolute atomic E-state index is 0.0722. The second kappa shape index (κ2) is 7.50. The Morgan fingerprint density at radius 2 is 1.43 bits per heavy atom. The summed E-state index contributed by atoms with van der Waals surface area (Å²) in [7, 11) is -11.0. The molecule has 5 N–H and O–H groups in total. The molecule has 9 nitrogen and oxygen atoms in total. The number of aromatic nitrogens is 1. The first-order valence-electron chi connectivity index (χ1n) is 7.93. The van der Waals surface area contributed by atoms with Crippen LogP contribution in [0.15, 0.2) is 53.3 Å². The van der Waals surface area contributed by atoms with E-state index in [0.717, 1.165) is 9.82 Å². The summed E-state index contributed by atoms with van der Waals surface area (Å²) in [6, 6.07) is 13.3. The van der Waals surface area contributed by atoms with Crippen LogP contribution in [0.2, 0.25) is 0 Å². The molecule has 0 amide bonds. The van der Waals surface area contributed by atoms with Gasteiger partial charge in [-0.05, 0) is 0 Å². The predicted molar refractivity (Wildman–Crippen MR) is 103 cm³/mol. The van der Waals surface area contributed by atoms with Crippen molar-refractivity contribution in [1.82, 2.24) is 3.56 Å². The molecule has 0 atom stereocenters. The Hall–Kier alpha value is -1.31. The minimum atomic E-state index is -5.51. The number of hydrogen-bond donors (Lipinski definition) is 5. The SMILES string of the molecule is O=c1c2ccccc2[se]n1Cc1ccc(CC(O)(P(=O)(O)O)P(=O)(O)O)cc1. The molecule has 0 spiro atoms. The van der Waals surface area contributed by atoms with Gasteiger partial charge in [0.15, 0.2) is 0 Å². The second-order valence-electron chi connectivity index (χ2n) is 6.28. The van der Waals surface area contributed by atoms with E-state index >= 15 is 0 Å². The molecular weight excluding hydrogens is 475 g/mol. The van der Waals surface area contributed by atoms with E-state index in [4.69, 9.17) is 0 Å². The van der Waals surface area contributed by atoms with Gasteiger partial charge in [-0.3, -0.25) is 0 Å². The predicted octanol–water partition coefficient (Wildman–Crippen LogP) is 0.651. The Labute approximate surface area is 165 Å². The maximum absolute atomic E-state index is 12.4. The van der Waals surface area contributed by atoms with E-state index in [2.05, 4.69) is 0 Å². The van der Waals surface area contributed by atoms with Crippen molar-refractivity contribution in [1.29, 1.82) is 0 Å². The summed E-state index contributed by atoms with van der Waals surface area (Å²) in [5, 5.41) is 7.18. The van der Waals surface area contributed by atoms with Gasteiger partial charge in [-0.1, -0.05) is 0 Å². The van der Waals surface area contributed by atoms with Crippen molar-refractivity contribution in [2.45, 2.75) is 18.0 Å². The van der Waals surface area contributed by atoms with E-state index in [1.165, 1.54) is 12.1 Å². The van der Waals surface area contributed by atoms with E-state index in [1.54, 1.807) is 27.8 Å². The zero-order valence-corrected chi connectivity index (χ0v) is 17.7. The summed E-state index contributed by atoms with van der Waals surface area (Å²) < 4.78 is 25.6. The average molecular weight is 492 g/mol. The van der Waals surface area contributed by atoms with E-state index in [9.17, 15) is 38.6 Å². The molecule has 0 aliphatic rings. The summed E-state index contributed by atoms with van der Waals surface area (Å²) in [4.78, 5) is 49.3. The molecule has 28 heavy (non-hydrogen) atoms. The van der Waals surface area contributed by atoms with Crippen LogP contribution < -0.4 is 5.56 Å². The van der Waals surface area contributed by atoms with Crippen molar-refractivity contribution in [2.75, 3.05) is 0 Å². The van der Waals surface area contributed by atoms with Crippen molar-refractivity contribution < 1.29 is 33.8 Å². The van der Waals surface area contributed by atoms with Gasteiger partial charge in [-0.2, -0.15) is 0 Å². The molecule has 12 heteroatoms. The first-order chi connectivity index (χ1) is 12.9. The van der Waals surface area contributed by atoms with E-state index in [0.29, 0.717) is 11.9 Å². The summed E-state index contributed by atoms with van der Waals surface area (Å²) in [6.45, 7) is 0.328. The Kier molecular flexibility index (Phi) is 5.73. The molecule has 0 aliphatic carbocycles. The van der Waals surface area contributed by atoms with Crippen LogP contribution in [0.3, 0.4) is 0 Å². The second-order valence-corrected chi connectivity index (χ2v) is 12.5. The van der Waals surface area contributed by atoms with Crippen molar-refractivity contribution in [2.24, 2.45) is 0 Å². The molecule has 3 rings (SSSR count). The van der Waals surface area contributed by atoms with Crippen LogP contribution in [0.1, 0.15) is 11.1 Å². The van der Waals surface area contributed by atoms with Gasteiger partial charge in [0.25, 0.3) is 0 Å². The average Bonchev–Trinajstić information content (AvgIpc) is 2.91. The summed E-state index contributed by atoms with van der Waals surface area (Å²) >= 11 is -0.159. The summed E-state index contributed by atoms with van der Waals surface area (Å²) in [6.07, 6.45) is -0.917. The molecule has 0 radical (unpaired) electrons. The van der Waals surface area contributed by atoms with Crippen LogP contribution in [0.25, 0.3) is 9.65 Å². The van der Waals surface area contributed by atoms with Crippen LogP contribution in [0, 0.1) is 0 Å². The molecule has 0 saturated heterocycles. The van der Waals surface area contributed by atoms with Crippen LogP contribution in [-0.4, -0.2) is 48.1 Å². The molecule has 0 aliphatic heterocycles. The van der Waals surface area contributed by atoms with Gasteiger partial charge in [0.1, 0.15) is 0 Å². The van der Waals surface area contributed by atoms with Gasteiger partial charge in [0, 0.05) is 0 Å². The Morgan fingerprint density at radius 1 is 0.893 bits per heavy atom. The molecule has 0 unspecified atom stereocenters. The maximum atomic E-state index is 12.4. The number of hydrogen-bond acceptors (Lipinski definition) is 4. The fraction of sp³-hybridized carbons (Fsp3) is 0.188. The monoisotopic (exact) mass is 493 g/mol. The third-order valence-electron chi connectivity index (χ3n) is 4.28. The van der Waals surface area contributed by atoms with Gasteiger partial charge in [-0.25, -0.2) is 0 Å². The number of benzene rings is 2. The third kappa shape index (κ3) is 4.02. The van der Waals surface area contributed by atoms with Crippen molar-refractivity contribution in [3.05, 3.63) is 70.0 Å². The third-order valence-corrected chi connectivity index (χ3v) is 10.3. The topological polar surface area (TPSA) is 157 Å². The fourth-order valence-corrected chi connectivity index (χ4v) is 6.99. The summed E-state index contributed by atoms with van der Waals surface area (Å²) in [5.74, 6) is 0. The molecule has 1 heterocycles. The number of nitrogens with zero attached hydrogens (tertiary/aromatic N) is 1. The van der Waals surface area contributed by atoms with Gasteiger partial charge in [0.05, 0.1) is 0 Å². The van der Waals surface area contributed by atoms with Gasteiger partial charge >= 0.3 is 165 Å². The van der Waals surface area contributed by atoms with Gasteiger partial charge in [0.2, 0.25) is 0 Å². The van der Waals surface area contributed by atoms with E-state index < -0.39 is 26.7 Å². The molecule has 150 valence electrons. The Balaban J connectivity index is 1.85. The standard InChI is InChI=1S/C16H17NO8P2Se/c18-15-13-3-1-2-4-14(13)28-17(15)10-12-7-5-11(6-8-12)9-16(19,26(20,21)22)27(23,24)25/h1-8,19H,9-10H2,(H2,20,21,22)(H2,23,24,25). The quantitative estimate of drug-likeness (QED) is 0.248. The molecule has 3 aromatic rings. The molecule has 0 fully saturated rings. The normalized spacial score (nSPS) is 13.2. The zero-order valence-electron chi connectivity index (χ0n) is 14.2. The van der Waals surface area contributed by atoms with E-state index in [-0.39, 0.29) is 25.9 Å². The van der Waals surface area contributed by atoms with Crippen LogP contribution in [0.5, 0.6) is 0 Å². The zero-order chi connectivity index (χ0) is 20.7. The van der Waals surface area contributed by atoms with Gasteiger partial charge < -0.3 is 0 Å². The molecular formula is C16H17NO8P2Se.